The van der Waals surface area contributed by atoms with E-state index in [1.54, 1.807) is 6.33 Å². The molecule has 1 rings (SSSR count). The van der Waals surface area contributed by atoms with Gasteiger partial charge in [-0.05, 0) is 37.6 Å². The van der Waals surface area contributed by atoms with Crippen molar-refractivity contribution in [3.05, 3.63) is 12.2 Å². The highest BCUT2D eigenvalue weighted by Gasteiger charge is 2.28. The molecular weight excluding hydrogens is 236 g/mol. The quantitative estimate of drug-likeness (QED) is 0.662. The van der Waals surface area contributed by atoms with Crippen LogP contribution in [0.3, 0.4) is 0 Å². The van der Waals surface area contributed by atoms with Crippen LogP contribution in [0.4, 0.5) is 0 Å². The minimum absolute atomic E-state index is 0.313. The lowest BCUT2D eigenvalue weighted by atomic mass is 9.78. The lowest BCUT2D eigenvalue weighted by Gasteiger charge is -2.31. The molecule has 0 aliphatic rings. The molecule has 1 aromatic heterocycles. The molecule has 0 saturated carbocycles. The van der Waals surface area contributed by atoms with Gasteiger partial charge in [0.25, 0.3) is 0 Å². The van der Waals surface area contributed by atoms with E-state index in [2.05, 4.69) is 47.8 Å². The SMILES string of the molecule is CCCNCC(CC)(CC)Cc1ncnn1CCC. The van der Waals surface area contributed by atoms with Gasteiger partial charge in [-0.15, -0.1) is 0 Å². The Morgan fingerprint density at radius 2 is 1.89 bits per heavy atom. The maximum absolute atomic E-state index is 4.47. The largest absolute Gasteiger partial charge is 0.316 e. The molecule has 0 unspecified atom stereocenters. The van der Waals surface area contributed by atoms with Crippen molar-refractivity contribution in [1.82, 2.24) is 20.1 Å². The van der Waals surface area contributed by atoms with E-state index in [9.17, 15) is 0 Å². The summed E-state index contributed by atoms with van der Waals surface area (Å²) in [6.07, 6.45) is 7.38. The van der Waals surface area contributed by atoms with Gasteiger partial charge in [0.15, 0.2) is 0 Å². The standard InChI is InChI=1S/C15H30N4/c1-5-9-16-12-15(7-3,8-4)11-14-17-13-18-19(14)10-6-2/h13,16H,5-12H2,1-4H3. The lowest BCUT2D eigenvalue weighted by Crippen LogP contribution is -2.36. The fourth-order valence-electron chi connectivity index (χ4n) is 2.50. The van der Waals surface area contributed by atoms with E-state index in [1.165, 1.54) is 19.3 Å². The van der Waals surface area contributed by atoms with Crippen LogP contribution in [0.1, 0.15) is 59.2 Å². The summed E-state index contributed by atoms with van der Waals surface area (Å²) in [5.41, 5.74) is 0.313. The van der Waals surface area contributed by atoms with Gasteiger partial charge in [0.2, 0.25) is 0 Å². The molecule has 0 amide bonds. The van der Waals surface area contributed by atoms with Crippen LogP contribution in [0.2, 0.25) is 0 Å². The van der Waals surface area contributed by atoms with Crippen molar-refractivity contribution in [2.45, 2.75) is 66.3 Å². The van der Waals surface area contributed by atoms with Crippen molar-refractivity contribution in [2.75, 3.05) is 13.1 Å². The minimum Gasteiger partial charge on any atom is -0.316 e. The molecule has 0 saturated heterocycles. The van der Waals surface area contributed by atoms with Gasteiger partial charge in [-0.2, -0.15) is 5.10 Å². The van der Waals surface area contributed by atoms with Gasteiger partial charge >= 0.3 is 0 Å². The fourth-order valence-corrected chi connectivity index (χ4v) is 2.50. The molecule has 4 heteroatoms. The Hall–Kier alpha value is -0.900. The molecule has 0 atom stereocenters. The summed E-state index contributed by atoms with van der Waals surface area (Å²) in [6.45, 7) is 12.1. The number of aryl methyl sites for hydroxylation is 1. The van der Waals surface area contributed by atoms with Gasteiger partial charge in [-0.3, -0.25) is 4.68 Å². The van der Waals surface area contributed by atoms with Gasteiger partial charge in [0.05, 0.1) is 0 Å². The van der Waals surface area contributed by atoms with Crippen molar-refractivity contribution < 1.29 is 0 Å². The maximum Gasteiger partial charge on any atom is 0.138 e. The number of aromatic nitrogens is 3. The van der Waals surface area contributed by atoms with Crippen LogP contribution in [0, 0.1) is 5.41 Å². The highest BCUT2D eigenvalue weighted by molar-refractivity contribution is 4.94. The zero-order valence-corrected chi connectivity index (χ0v) is 13.1. The first-order valence-corrected chi connectivity index (χ1v) is 7.78. The Balaban J connectivity index is 2.73. The average Bonchev–Trinajstić information content (AvgIpc) is 2.85. The molecule has 1 N–H and O–H groups in total. The second kappa shape index (κ2) is 8.31. The van der Waals surface area contributed by atoms with Crippen LogP contribution < -0.4 is 5.32 Å². The summed E-state index contributed by atoms with van der Waals surface area (Å²) in [5, 5.41) is 7.92. The van der Waals surface area contributed by atoms with Crippen LogP contribution >= 0.6 is 0 Å². The molecule has 110 valence electrons. The Bertz CT molecular complexity index is 342. The van der Waals surface area contributed by atoms with E-state index >= 15 is 0 Å². The summed E-state index contributed by atoms with van der Waals surface area (Å²) in [5.74, 6) is 1.14. The van der Waals surface area contributed by atoms with Crippen molar-refractivity contribution in [3.63, 3.8) is 0 Å². The number of hydrogen-bond donors (Lipinski definition) is 1. The molecule has 1 heterocycles. The number of hydrogen-bond acceptors (Lipinski definition) is 3. The normalized spacial score (nSPS) is 12.0. The van der Waals surface area contributed by atoms with Gasteiger partial charge in [-0.25, -0.2) is 4.98 Å². The average molecular weight is 266 g/mol. The van der Waals surface area contributed by atoms with Crippen molar-refractivity contribution in [1.29, 1.82) is 0 Å². The van der Waals surface area contributed by atoms with Gasteiger partial charge in [0.1, 0.15) is 12.2 Å². The highest BCUT2D eigenvalue weighted by atomic mass is 15.3. The van der Waals surface area contributed by atoms with E-state index in [0.717, 1.165) is 38.3 Å². The molecule has 0 bridgehead atoms. The molecule has 0 aliphatic heterocycles. The summed E-state index contributed by atoms with van der Waals surface area (Å²) >= 11 is 0. The van der Waals surface area contributed by atoms with E-state index in [4.69, 9.17) is 0 Å². The van der Waals surface area contributed by atoms with Crippen LogP contribution in [0.25, 0.3) is 0 Å². The van der Waals surface area contributed by atoms with E-state index in [-0.39, 0.29) is 0 Å². The van der Waals surface area contributed by atoms with E-state index in [1.807, 2.05) is 0 Å². The number of nitrogens with zero attached hydrogens (tertiary/aromatic N) is 3. The zero-order chi connectivity index (χ0) is 14.1. The first-order chi connectivity index (χ1) is 9.21. The second-order valence-electron chi connectivity index (χ2n) is 5.46. The minimum atomic E-state index is 0.313. The van der Waals surface area contributed by atoms with Crippen LogP contribution in [0.5, 0.6) is 0 Å². The van der Waals surface area contributed by atoms with Gasteiger partial charge in [-0.1, -0.05) is 27.7 Å². The zero-order valence-electron chi connectivity index (χ0n) is 13.1. The predicted molar refractivity (Wildman–Crippen MR) is 80.2 cm³/mol. The Morgan fingerprint density at radius 3 is 2.47 bits per heavy atom. The van der Waals surface area contributed by atoms with E-state index < -0.39 is 0 Å². The predicted octanol–water partition coefficient (Wildman–Crippen LogP) is 3.04. The number of nitrogens with one attached hydrogen (secondary N) is 1. The topological polar surface area (TPSA) is 42.7 Å². The van der Waals surface area contributed by atoms with Crippen LogP contribution in [0.15, 0.2) is 6.33 Å². The summed E-state index contributed by atoms with van der Waals surface area (Å²) in [4.78, 5) is 4.47. The van der Waals surface area contributed by atoms with Crippen molar-refractivity contribution >= 4 is 0 Å². The number of rotatable bonds is 10. The molecule has 19 heavy (non-hydrogen) atoms. The molecule has 0 aliphatic carbocycles. The Labute approximate surface area is 118 Å². The molecule has 4 nitrogen and oxygen atoms in total. The Morgan fingerprint density at radius 1 is 1.16 bits per heavy atom. The first kappa shape index (κ1) is 16.2. The maximum atomic E-state index is 4.47. The summed E-state index contributed by atoms with van der Waals surface area (Å²) < 4.78 is 2.07. The molecule has 0 radical (unpaired) electrons. The van der Waals surface area contributed by atoms with Gasteiger partial charge < -0.3 is 5.32 Å². The summed E-state index contributed by atoms with van der Waals surface area (Å²) in [6, 6.07) is 0. The smallest absolute Gasteiger partial charge is 0.138 e. The molecule has 1 aromatic rings. The highest BCUT2D eigenvalue weighted by Crippen LogP contribution is 2.29. The van der Waals surface area contributed by atoms with Crippen LogP contribution in [-0.2, 0) is 13.0 Å². The lowest BCUT2D eigenvalue weighted by molar-refractivity contribution is 0.238. The molecule has 0 aromatic carbocycles. The molecule has 0 spiro atoms. The second-order valence-corrected chi connectivity index (χ2v) is 5.46. The molecular formula is C15H30N4. The monoisotopic (exact) mass is 266 g/mol. The fraction of sp³-hybridized carbons (Fsp3) is 0.867. The van der Waals surface area contributed by atoms with E-state index in [0.29, 0.717) is 5.41 Å². The third-order valence-electron chi connectivity index (χ3n) is 4.09. The summed E-state index contributed by atoms with van der Waals surface area (Å²) in [7, 11) is 0. The van der Waals surface area contributed by atoms with Crippen molar-refractivity contribution in [3.8, 4) is 0 Å². The van der Waals surface area contributed by atoms with Crippen molar-refractivity contribution in [2.24, 2.45) is 5.41 Å². The van der Waals surface area contributed by atoms with Crippen LogP contribution in [-0.4, -0.2) is 27.9 Å². The first-order valence-electron chi connectivity index (χ1n) is 7.78. The third kappa shape index (κ3) is 4.60. The third-order valence-corrected chi connectivity index (χ3v) is 4.09. The molecule has 0 fully saturated rings. The Kier molecular flexibility index (Phi) is 7.06. The van der Waals surface area contributed by atoms with Gasteiger partial charge in [0, 0.05) is 19.5 Å².